The second-order valence-corrected chi connectivity index (χ2v) is 3.81. The third-order valence-electron chi connectivity index (χ3n) is 1.39. The predicted octanol–water partition coefficient (Wildman–Crippen LogP) is 1.57. The van der Waals surface area contributed by atoms with E-state index >= 15 is 0 Å². The third kappa shape index (κ3) is 1.22. The average Bonchev–Trinajstić information content (AvgIpc) is 2.30. The first kappa shape index (κ1) is 8.06. The summed E-state index contributed by atoms with van der Waals surface area (Å²) >= 11 is 7.99. The summed E-state index contributed by atoms with van der Waals surface area (Å²) in [6.07, 6.45) is 1.78. The van der Waals surface area contributed by atoms with Gasteiger partial charge in [-0.3, -0.25) is 0 Å². The third-order valence-corrected chi connectivity index (χ3v) is 2.88. The van der Waals surface area contributed by atoms with E-state index in [-0.39, 0.29) is 5.95 Å². The molecule has 62 valence electrons. The Morgan fingerprint density at radius 3 is 3.08 bits per heavy atom. The van der Waals surface area contributed by atoms with Crippen LogP contribution in [0, 0.1) is 3.57 Å². The van der Waals surface area contributed by atoms with Gasteiger partial charge < -0.3 is 5.73 Å². The first-order valence-corrected chi connectivity index (χ1v) is 4.59. The van der Waals surface area contributed by atoms with Crippen molar-refractivity contribution in [1.29, 1.82) is 0 Å². The SMILES string of the molecule is Nc1nc2cc(Cl)c(I)cn2n1. The van der Waals surface area contributed by atoms with Crippen LogP contribution in [0.25, 0.3) is 5.65 Å². The van der Waals surface area contributed by atoms with Crippen LogP contribution in [0.4, 0.5) is 5.95 Å². The molecule has 0 saturated heterocycles. The summed E-state index contributed by atoms with van der Waals surface area (Å²) in [5.74, 6) is 0.257. The molecule has 12 heavy (non-hydrogen) atoms. The van der Waals surface area contributed by atoms with E-state index in [9.17, 15) is 0 Å². The summed E-state index contributed by atoms with van der Waals surface area (Å²) in [5.41, 5.74) is 6.07. The van der Waals surface area contributed by atoms with Gasteiger partial charge in [-0.05, 0) is 22.6 Å². The number of anilines is 1. The molecule has 0 unspecified atom stereocenters. The number of hydrogen-bond acceptors (Lipinski definition) is 3. The van der Waals surface area contributed by atoms with E-state index in [1.54, 1.807) is 16.8 Å². The van der Waals surface area contributed by atoms with E-state index in [1.165, 1.54) is 0 Å². The summed E-state index contributed by atoms with van der Waals surface area (Å²) in [6, 6.07) is 1.73. The summed E-state index contributed by atoms with van der Waals surface area (Å²) in [7, 11) is 0. The molecule has 0 atom stereocenters. The molecule has 0 aliphatic heterocycles. The molecule has 2 rings (SSSR count). The molecule has 6 heteroatoms. The number of halogens is 2. The van der Waals surface area contributed by atoms with Crippen molar-refractivity contribution in [1.82, 2.24) is 14.6 Å². The quantitative estimate of drug-likeness (QED) is 0.750. The number of hydrogen-bond donors (Lipinski definition) is 1. The van der Waals surface area contributed by atoms with E-state index in [0.29, 0.717) is 10.7 Å². The molecule has 2 aromatic rings. The van der Waals surface area contributed by atoms with Crippen LogP contribution in [-0.4, -0.2) is 14.6 Å². The van der Waals surface area contributed by atoms with Crippen LogP contribution < -0.4 is 5.73 Å². The van der Waals surface area contributed by atoms with E-state index in [1.807, 2.05) is 0 Å². The van der Waals surface area contributed by atoms with Gasteiger partial charge in [0, 0.05) is 12.3 Å². The average molecular weight is 294 g/mol. The maximum absolute atomic E-state index is 5.87. The molecule has 0 aliphatic rings. The maximum Gasteiger partial charge on any atom is 0.240 e. The van der Waals surface area contributed by atoms with Gasteiger partial charge in [0.1, 0.15) is 0 Å². The minimum absolute atomic E-state index is 0.257. The first-order valence-electron chi connectivity index (χ1n) is 3.14. The fourth-order valence-electron chi connectivity index (χ4n) is 0.897. The molecule has 0 spiro atoms. The summed E-state index contributed by atoms with van der Waals surface area (Å²) < 4.78 is 2.52. The molecule has 0 radical (unpaired) electrons. The lowest BCUT2D eigenvalue weighted by Crippen LogP contribution is -1.90. The van der Waals surface area contributed by atoms with Crippen molar-refractivity contribution in [2.75, 3.05) is 5.73 Å². The number of nitrogens with zero attached hydrogens (tertiary/aromatic N) is 3. The Morgan fingerprint density at radius 1 is 1.58 bits per heavy atom. The van der Waals surface area contributed by atoms with Crippen LogP contribution in [0.15, 0.2) is 12.3 Å². The van der Waals surface area contributed by atoms with Gasteiger partial charge in [0.25, 0.3) is 0 Å². The lowest BCUT2D eigenvalue weighted by molar-refractivity contribution is 0.962. The number of nitrogens with two attached hydrogens (primary N) is 1. The van der Waals surface area contributed by atoms with Crippen molar-refractivity contribution in [2.24, 2.45) is 0 Å². The summed E-state index contributed by atoms with van der Waals surface area (Å²) in [6.45, 7) is 0. The van der Waals surface area contributed by atoms with Crippen LogP contribution in [0.3, 0.4) is 0 Å². The zero-order chi connectivity index (χ0) is 8.72. The lowest BCUT2D eigenvalue weighted by Gasteiger charge is -1.94. The summed E-state index contributed by atoms with van der Waals surface area (Å²) in [5, 5.41) is 4.60. The van der Waals surface area contributed by atoms with Gasteiger partial charge in [-0.1, -0.05) is 11.6 Å². The van der Waals surface area contributed by atoms with E-state index in [4.69, 9.17) is 17.3 Å². The lowest BCUT2D eigenvalue weighted by atomic mass is 10.5. The van der Waals surface area contributed by atoms with Gasteiger partial charge in [-0.25, -0.2) is 4.52 Å². The van der Waals surface area contributed by atoms with Gasteiger partial charge >= 0.3 is 0 Å². The van der Waals surface area contributed by atoms with Crippen LogP contribution >= 0.6 is 34.2 Å². The molecule has 2 N–H and O–H groups in total. The Kier molecular flexibility index (Phi) is 1.84. The molecule has 0 saturated carbocycles. The second-order valence-electron chi connectivity index (χ2n) is 2.24. The predicted molar refractivity (Wildman–Crippen MR) is 55.1 cm³/mol. The van der Waals surface area contributed by atoms with E-state index in [2.05, 4.69) is 32.7 Å². The maximum atomic E-state index is 5.87. The van der Waals surface area contributed by atoms with Gasteiger partial charge in [-0.2, -0.15) is 4.98 Å². The van der Waals surface area contributed by atoms with Gasteiger partial charge in [0.2, 0.25) is 5.95 Å². The topological polar surface area (TPSA) is 56.2 Å². The Bertz CT molecular complexity index is 399. The molecule has 4 nitrogen and oxygen atoms in total. The Morgan fingerprint density at radius 2 is 2.33 bits per heavy atom. The van der Waals surface area contributed by atoms with Crippen molar-refractivity contribution < 1.29 is 0 Å². The van der Waals surface area contributed by atoms with Crippen LogP contribution in [0.5, 0.6) is 0 Å². The van der Waals surface area contributed by atoms with E-state index in [0.717, 1.165) is 3.57 Å². The number of aromatic nitrogens is 3. The normalized spacial score (nSPS) is 10.8. The van der Waals surface area contributed by atoms with E-state index < -0.39 is 0 Å². The van der Waals surface area contributed by atoms with Crippen LogP contribution in [0.1, 0.15) is 0 Å². The highest BCUT2D eigenvalue weighted by atomic mass is 127. The van der Waals surface area contributed by atoms with Crippen molar-refractivity contribution in [3.8, 4) is 0 Å². The Balaban J connectivity index is 2.83. The van der Waals surface area contributed by atoms with Gasteiger partial charge in [0.05, 0.1) is 8.59 Å². The molecule has 0 aromatic carbocycles. The zero-order valence-corrected chi connectivity index (χ0v) is 8.74. The minimum Gasteiger partial charge on any atom is -0.366 e. The molecular weight excluding hydrogens is 290 g/mol. The molecule has 2 aromatic heterocycles. The van der Waals surface area contributed by atoms with Gasteiger partial charge in [-0.15, -0.1) is 5.10 Å². The smallest absolute Gasteiger partial charge is 0.240 e. The standard InChI is InChI=1S/C6H4ClIN4/c7-3-1-5-10-6(9)11-12(5)2-4(3)8/h1-2H,(H2,9,11). The fraction of sp³-hybridized carbons (Fsp3) is 0. The highest BCUT2D eigenvalue weighted by Crippen LogP contribution is 2.19. The second kappa shape index (κ2) is 2.74. The molecule has 2 heterocycles. The number of nitrogen functional groups attached to an aromatic ring is 1. The largest absolute Gasteiger partial charge is 0.366 e. The monoisotopic (exact) mass is 294 g/mol. The number of rotatable bonds is 0. The fourth-order valence-corrected chi connectivity index (χ4v) is 1.46. The van der Waals surface area contributed by atoms with Crippen molar-refractivity contribution in [3.05, 3.63) is 20.9 Å². The Labute approximate surface area is 86.9 Å². The minimum atomic E-state index is 0.257. The molecule has 0 fully saturated rings. The molecular formula is C6H4ClIN4. The van der Waals surface area contributed by atoms with Crippen molar-refractivity contribution in [3.63, 3.8) is 0 Å². The summed E-state index contributed by atoms with van der Waals surface area (Å²) in [4.78, 5) is 3.96. The first-order chi connectivity index (χ1) is 5.66. The number of pyridine rings is 1. The zero-order valence-electron chi connectivity index (χ0n) is 5.83. The van der Waals surface area contributed by atoms with Crippen LogP contribution in [-0.2, 0) is 0 Å². The molecule has 0 bridgehead atoms. The molecule has 0 aliphatic carbocycles. The van der Waals surface area contributed by atoms with Gasteiger partial charge in [0.15, 0.2) is 5.65 Å². The highest BCUT2D eigenvalue weighted by Gasteiger charge is 2.03. The van der Waals surface area contributed by atoms with Crippen molar-refractivity contribution >= 4 is 45.8 Å². The molecule has 0 amide bonds. The number of fused-ring (bicyclic) bond motifs is 1. The van der Waals surface area contributed by atoms with Crippen molar-refractivity contribution in [2.45, 2.75) is 0 Å². The van der Waals surface area contributed by atoms with Crippen LogP contribution in [0.2, 0.25) is 5.02 Å². The highest BCUT2D eigenvalue weighted by molar-refractivity contribution is 14.1. The Hall–Kier alpha value is -0.560.